The van der Waals surface area contributed by atoms with Crippen LogP contribution in [0.25, 0.3) is 0 Å². The zero-order valence-electron chi connectivity index (χ0n) is 14.8. The van der Waals surface area contributed by atoms with E-state index in [9.17, 15) is 4.79 Å². The summed E-state index contributed by atoms with van der Waals surface area (Å²) in [4.78, 5) is 12.8. The molecule has 3 rings (SSSR count). The Balaban J connectivity index is 0.00000243. The summed E-state index contributed by atoms with van der Waals surface area (Å²) < 4.78 is 0.779. The lowest BCUT2D eigenvalue weighted by molar-refractivity contribution is -0.918. The zero-order chi connectivity index (χ0) is 17.5. The van der Waals surface area contributed by atoms with Crippen LogP contribution in [-0.4, -0.2) is 36.4 Å². The Hall–Kier alpha value is -1.60. The molecule has 0 aliphatic carbocycles. The largest absolute Gasteiger partial charge is 1.00 e. The highest BCUT2D eigenvalue weighted by Crippen LogP contribution is 2.20. The van der Waals surface area contributed by atoms with Gasteiger partial charge in [0.25, 0.3) is 0 Å². The molecule has 1 aliphatic rings. The topological polar surface area (TPSA) is 17.1 Å². The highest BCUT2D eigenvalue weighted by Gasteiger charge is 2.32. The van der Waals surface area contributed by atoms with Crippen LogP contribution >= 0.6 is 11.6 Å². The minimum Gasteiger partial charge on any atom is -1.00 e. The van der Waals surface area contributed by atoms with E-state index >= 15 is 0 Å². The molecule has 0 atom stereocenters. The molecule has 0 radical (unpaired) electrons. The Kier molecular flexibility index (Phi) is 7.90. The predicted octanol–water partition coefficient (Wildman–Crippen LogP) is 1.58. The lowest BCUT2D eigenvalue weighted by atomic mass is 10.0. The van der Waals surface area contributed by atoms with Crippen molar-refractivity contribution >= 4 is 17.4 Å². The van der Waals surface area contributed by atoms with Crippen LogP contribution in [0.2, 0.25) is 5.02 Å². The first-order valence-corrected chi connectivity index (χ1v) is 9.23. The number of rotatable bonds is 4. The van der Waals surface area contributed by atoms with Gasteiger partial charge in [0.2, 0.25) is 5.78 Å². The Morgan fingerprint density at radius 3 is 2.27 bits per heavy atom. The van der Waals surface area contributed by atoms with Crippen LogP contribution in [-0.2, 0) is 0 Å². The third kappa shape index (κ3) is 5.71. The molecule has 136 valence electrons. The molecule has 0 amide bonds. The molecule has 2 aromatic rings. The number of halogens is 2. The summed E-state index contributed by atoms with van der Waals surface area (Å²) in [5.41, 5.74) is 1.77. The Bertz CT molecular complexity index is 771. The smallest absolute Gasteiger partial charge is 0.216 e. The number of nitrogens with zero attached hydrogens (tertiary/aromatic N) is 1. The van der Waals surface area contributed by atoms with Crippen LogP contribution in [0.5, 0.6) is 0 Å². The minimum atomic E-state index is 0. The summed E-state index contributed by atoms with van der Waals surface area (Å²) in [7, 11) is 0. The number of piperidine rings is 1. The fraction of sp³-hybridized carbons (Fsp3) is 0.318. The van der Waals surface area contributed by atoms with Gasteiger partial charge in [-0.3, -0.25) is 4.79 Å². The van der Waals surface area contributed by atoms with Gasteiger partial charge in [0, 0.05) is 16.1 Å². The van der Waals surface area contributed by atoms with Crippen LogP contribution in [0.4, 0.5) is 0 Å². The predicted molar refractivity (Wildman–Crippen MR) is 103 cm³/mol. The first kappa shape index (κ1) is 20.7. The van der Waals surface area contributed by atoms with Crippen LogP contribution < -0.4 is 17.0 Å². The van der Waals surface area contributed by atoms with Crippen molar-refractivity contribution in [1.29, 1.82) is 0 Å². The Morgan fingerprint density at radius 1 is 0.962 bits per heavy atom. The van der Waals surface area contributed by atoms with Crippen LogP contribution in [0.1, 0.15) is 35.2 Å². The summed E-state index contributed by atoms with van der Waals surface area (Å²) in [6.45, 7) is 3.31. The third-order valence-electron chi connectivity index (χ3n) is 4.83. The van der Waals surface area contributed by atoms with E-state index in [2.05, 4.69) is 11.8 Å². The number of hydrogen-bond donors (Lipinski definition) is 0. The number of carbonyl (C=O) groups is 1. The number of ketones is 1. The van der Waals surface area contributed by atoms with Crippen molar-refractivity contribution in [3.8, 4) is 11.8 Å². The van der Waals surface area contributed by atoms with Gasteiger partial charge < -0.3 is 21.5 Å². The molecule has 0 spiro atoms. The van der Waals surface area contributed by atoms with Crippen LogP contribution in [0.3, 0.4) is 0 Å². The van der Waals surface area contributed by atoms with E-state index in [0.29, 0.717) is 11.6 Å². The molecule has 0 aromatic heterocycles. The Labute approximate surface area is 171 Å². The van der Waals surface area contributed by atoms with E-state index in [1.807, 2.05) is 42.5 Å². The van der Waals surface area contributed by atoms with Crippen LogP contribution in [0.15, 0.2) is 54.6 Å². The fourth-order valence-corrected chi connectivity index (χ4v) is 3.54. The molecule has 4 heteroatoms. The van der Waals surface area contributed by atoms with E-state index in [1.54, 1.807) is 12.1 Å². The maximum atomic E-state index is 12.8. The second-order valence-electron chi connectivity index (χ2n) is 6.76. The molecule has 26 heavy (non-hydrogen) atoms. The molecule has 2 nitrogen and oxygen atoms in total. The van der Waals surface area contributed by atoms with Gasteiger partial charge in [-0.1, -0.05) is 35.7 Å². The van der Waals surface area contributed by atoms with Gasteiger partial charge in [0.05, 0.1) is 13.1 Å². The number of hydrogen-bond acceptors (Lipinski definition) is 1. The highest BCUT2D eigenvalue weighted by molar-refractivity contribution is 6.30. The molecule has 1 saturated heterocycles. The van der Waals surface area contributed by atoms with Crippen molar-refractivity contribution in [2.75, 3.05) is 26.2 Å². The molecule has 1 aliphatic heterocycles. The SMILES string of the molecule is O=C(C[N+]1(CC#Cc2ccccc2)CCCCC1)c1ccc(Cl)cc1.[Br-]. The van der Waals surface area contributed by atoms with Crippen molar-refractivity contribution in [3.05, 3.63) is 70.7 Å². The number of benzene rings is 2. The summed E-state index contributed by atoms with van der Waals surface area (Å²) in [6, 6.07) is 17.2. The maximum absolute atomic E-state index is 12.8. The van der Waals surface area contributed by atoms with Gasteiger partial charge in [-0.25, -0.2) is 0 Å². The minimum absolute atomic E-state index is 0. The fourth-order valence-electron chi connectivity index (χ4n) is 3.42. The van der Waals surface area contributed by atoms with E-state index in [0.717, 1.165) is 35.2 Å². The number of carbonyl (C=O) groups excluding carboxylic acids is 1. The quantitative estimate of drug-likeness (QED) is 0.407. The van der Waals surface area contributed by atoms with Crippen LogP contribution in [0, 0.1) is 11.8 Å². The molecule has 0 bridgehead atoms. The summed E-state index contributed by atoms with van der Waals surface area (Å²) in [5, 5.41) is 0.659. The number of quaternary nitrogens is 1. The number of Topliss-reactive ketones (excluding diaryl/α,β-unsaturated/α-hetero) is 1. The van der Waals surface area contributed by atoms with Gasteiger partial charge in [-0.2, -0.15) is 0 Å². The van der Waals surface area contributed by atoms with Gasteiger partial charge in [-0.05, 0) is 61.6 Å². The second-order valence-corrected chi connectivity index (χ2v) is 7.20. The van der Waals surface area contributed by atoms with E-state index in [4.69, 9.17) is 11.6 Å². The lowest BCUT2D eigenvalue weighted by Crippen LogP contribution is -3.00. The molecule has 0 unspecified atom stereocenters. The van der Waals surface area contributed by atoms with E-state index < -0.39 is 0 Å². The standard InChI is InChI=1S/C22H23ClNO.BrH/c23-21-13-11-20(12-14-21)22(25)18-24(15-5-2-6-16-24)17-7-10-19-8-3-1-4-9-19;/h1,3-4,8-9,11-14H,2,5-6,15-18H2;1H/q+1;/p-1. The molecule has 0 saturated carbocycles. The zero-order valence-corrected chi connectivity index (χ0v) is 17.1. The van der Waals surface area contributed by atoms with Crippen molar-refractivity contribution in [2.45, 2.75) is 19.3 Å². The second kappa shape index (κ2) is 9.92. The first-order valence-electron chi connectivity index (χ1n) is 8.85. The summed E-state index contributed by atoms with van der Waals surface area (Å²) in [6.07, 6.45) is 3.59. The highest BCUT2D eigenvalue weighted by atomic mass is 79.9. The molecule has 1 fully saturated rings. The molecule has 0 N–H and O–H groups in total. The average Bonchev–Trinajstić information content (AvgIpc) is 2.64. The third-order valence-corrected chi connectivity index (χ3v) is 5.08. The van der Waals surface area contributed by atoms with Gasteiger partial charge in [0.15, 0.2) is 0 Å². The summed E-state index contributed by atoms with van der Waals surface area (Å²) in [5.74, 6) is 6.75. The van der Waals surface area contributed by atoms with Crippen molar-refractivity contribution in [2.24, 2.45) is 0 Å². The molecule has 2 aromatic carbocycles. The van der Waals surface area contributed by atoms with Gasteiger partial charge >= 0.3 is 0 Å². The normalized spacial score (nSPS) is 15.3. The summed E-state index contributed by atoms with van der Waals surface area (Å²) >= 11 is 5.93. The maximum Gasteiger partial charge on any atom is 0.216 e. The number of likely N-dealkylation sites (tertiary alicyclic amines) is 1. The van der Waals surface area contributed by atoms with Crippen molar-refractivity contribution in [3.63, 3.8) is 0 Å². The van der Waals surface area contributed by atoms with Crippen molar-refractivity contribution in [1.82, 2.24) is 0 Å². The van der Waals surface area contributed by atoms with E-state index in [-0.39, 0.29) is 22.8 Å². The monoisotopic (exact) mass is 431 g/mol. The van der Waals surface area contributed by atoms with Gasteiger partial charge in [-0.15, -0.1) is 0 Å². The molecular formula is C22H23BrClNO. The lowest BCUT2D eigenvalue weighted by Gasteiger charge is -2.39. The van der Waals surface area contributed by atoms with Gasteiger partial charge in [0.1, 0.15) is 13.1 Å². The molecule has 1 heterocycles. The Morgan fingerprint density at radius 2 is 1.62 bits per heavy atom. The van der Waals surface area contributed by atoms with Crippen molar-refractivity contribution < 1.29 is 26.3 Å². The first-order chi connectivity index (χ1) is 12.2. The van der Waals surface area contributed by atoms with E-state index in [1.165, 1.54) is 19.3 Å². The average molecular weight is 433 g/mol. The molecular weight excluding hydrogens is 410 g/mol.